The third-order valence-corrected chi connectivity index (χ3v) is 6.36. The number of hydrogen-bond donors (Lipinski definition) is 1. The van der Waals surface area contributed by atoms with Gasteiger partial charge in [0.1, 0.15) is 16.7 Å². The Morgan fingerprint density at radius 2 is 1.62 bits per heavy atom. The smallest absolute Gasteiger partial charge is 0.269 e. The van der Waals surface area contributed by atoms with Crippen molar-refractivity contribution in [2.45, 2.75) is 18.6 Å². The van der Waals surface area contributed by atoms with E-state index in [-0.39, 0.29) is 11.5 Å². The van der Waals surface area contributed by atoms with Gasteiger partial charge in [0.25, 0.3) is 5.91 Å². The molecule has 1 atom stereocenters. The van der Waals surface area contributed by atoms with Crippen molar-refractivity contribution in [3.63, 3.8) is 0 Å². The van der Waals surface area contributed by atoms with Gasteiger partial charge in [-0.25, -0.2) is 0 Å². The molecule has 3 aromatic carbocycles. The fourth-order valence-corrected chi connectivity index (χ4v) is 4.77. The summed E-state index contributed by atoms with van der Waals surface area (Å²) in [6, 6.07) is 28.2. The topological polar surface area (TPSA) is 73.2 Å². The molecule has 0 spiro atoms. The minimum atomic E-state index is -0.536. The SMILES string of the molecule is Cc1ccc(N2C(=O)[C@H](Cc3ccccc3)S/C2=C(\C#N)C(=O)Nc2ccccc2)cc1. The summed E-state index contributed by atoms with van der Waals surface area (Å²) in [6.07, 6.45) is 0.509. The van der Waals surface area contributed by atoms with Crippen LogP contribution in [0.25, 0.3) is 0 Å². The van der Waals surface area contributed by atoms with E-state index in [0.29, 0.717) is 22.8 Å². The van der Waals surface area contributed by atoms with Crippen molar-refractivity contribution in [3.8, 4) is 6.07 Å². The number of carbonyl (C=O) groups is 2. The summed E-state index contributed by atoms with van der Waals surface area (Å²) in [6.45, 7) is 1.97. The van der Waals surface area contributed by atoms with Crippen LogP contribution in [0.15, 0.2) is 95.5 Å². The maximum atomic E-state index is 13.4. The van der Waals surface area contributed by atoms with E-state index >= 15 is 0 Å². The number of anilines is 2. The Morgan fingerprint density at radius 1 is 1.00 bits per heavy atom. The summed E-state index contributed by atoms with van der Waals surface area (Å²) in [5, 5.41) is 12.6. The summed E-state index contributed by atoms with van der Waals surface area (Å²) in [5.74, 6) is -0.676. The maximum absolute atomic E-state index is 13.4. The van der Waals surface area contributed by atoms with E-state index in [4.69, 9.17) is 0 Å². The minimum Gasteiger partial charge on any atom is -0.321 e. The number of aryl methyl sites for hydroxylation is 1. The Kier molecular flexibility index (Phi) is 6.39. The number of carbonyl (C=O) groups excluding carboxylic acids is 2. The van der Waals surface area contributed by atoms with Gasteiger partial charge in [0, 0.05) is 11.4 Å². The normalized spacial score (nSPS) is 17.1. The molecular formula is C26H21N3O2S. The molecule has 0 bridgehead atoms. The lowest BCUT2D eigenvalue weighted by Crippen LogP contribution is -2.30. The van der Waals surface area contributed by atoms with Crippen molar-refractivity contribution in [3.05, 3.63) is 107 Å². The van der Waals surface area contributed by atoms with Crippen molar-refractivity contribution in [1.82, 2.24) is 0 Å². The molecule has 3 aromatic rings. The van der Waals surface area contributed by atoms with Gasteiger partial charge in [0.2, 0.25) is 5.91 Å². The highest BCUT2D eigenvalue weighted by Crippen LogP contribution is 2.42. The van der Waals surface area contributed by atoms with Gasteiger partial charge in [-0.15, -0.1) is 0 Å². The number of amides is 2. The number of rotatable bonds is 5. The predicted molar refractivity (Wildman–Crippen MR) is 128 cm³/mol. The van der Waals surface area contributed by atoms with Gasteiger partial charge in [-0.1, -0.05) is 78.0 Å². The first-order chi connectivity index (χ1) is 15.6. The van der Waals surface area contributed by atoms with Crippen LogP contribution in [-0.2, 0) is 16.0 Å². The third-order valence-electron chi connectivity index (χ3n) is 5.09. The standard InChI is InChI=1S/C26H21N3O2S/c1-18-12-14-21(15-13-18)29-25(31)23(16-19-8-4-2-5-9-19)32-26(29)22(17-27)24(30)28-20-10-6-3-7-11-20/h2-15,23H,16H2,1H3,(H,28,30)/b26-22+/t23-/m0/s1. The lowest BCUT2D eigenvalue weighted by Gasteiger charge is -2.19. The molecule has 158 valence electrons. The molecule has 1 saturated heterocycles. The number of nitrogens with zero attached hydrogens (tertiary/aromatic N) is 2. The summed E-state index contributed by atoms with van der Waals surface area (Å²) in [7, 11) is 0. The number of thioether (sulfide) groups is 1. The van der Waals surface area contributed by atoms with Crippen LogP contribution < -0.4 is 10.2 Å². The second kappa shape index (κ2) is 9.54. The fraction of sp³-hybridized carbons (Fsp3) is 0.115. The number of para-hydroxylation sites is 1. The second-order valence-electron chi connectivity index (χ2n) is 7.42. The average molecular weight is 440 g/mol. The molecule has 1 N–H and O–H groups in total. The van der Waals surface area contributed by atoms with Crippen molar-refractivity contribution in [1.29, 1.82) is 5.26 Å². The molecule has 5 nitrogen and oxygen atoms in total. The minimum absolute atomic E-state index is 0.0802. The first-order valence-electron chi connectivity index (χ1n) is 10.2. The van der Waals surface area contributed by atoms with Gasteiger partial charge >= 0.3 is 0 Å². The Morgan fingerprint density at radius 3 is 2.25 bits per heavy atom. The number of hydrogen-bond acceptors (Lipinski definition) is 4. The predicted octanol–water partition coefficient (Wildman–Crippen LogP) is 5.06. The molecule has 0 aliphatic carbocycles. The third kappa shape index (κ3) is 4.58. The quantitative estimate of drug-likeness (QED) is 0.445. The van der Waals surface area contributed by atoms with Crippen LogP contribution in [0, 0.1) is 18.3 Å². The van der Waals surface area contributed by atoms with Gasteiger partial charge in [-0.3, -0.25) is 14.5 Å². The zero-order valence-electron chi connectivity index (χ0n) is 17.5. The second-order valence-corrected chi connectivity index (χ2v) is 8.61. The van der Waals surface area contributed by atoms with Crippen molar-refractivity contribution in [2.75, 3.05) is 10.2 Å². The van der Waals surface area contributed by atoms with Crippen LogP contribution in [0.4, 0.5) is 11.4 Å². The lowest BCUT2D eigenvalue weighted by molar-refractivity contribution is -0.117. The van der Waals surface area contributed by atoms with E-state index in [1.807, 2.05) is 73.7 Å². The van der Waals surface area contributed by atoms with Gasteiger partial charge < -0.3 is 5.32 Å². The van der Waals surface area contributed by atoms with Crippen LogP contribution in [-0.4, -0.2) is 17.1 Å². The Bertz CT molecular complexity index is 1200. The van der Waals surface area contributed by atoms with E-state index in [1.165, 1.54) is 16.7 Å². The molecule has 1 heterocycles. The van der Waals surface area contributed by atoms with E-state index in [2.05, 4.69) is 5.32 Å². The summed E-state index contributed by atoms with van der Waals surface area (Å²) < 4.78 is 0. The molecule has 0 saturated carbocycles. The zero-order chi connectivity index (χ0) is 22.5. The van der Waals surface area contributed by atoms with E-state index in [1.54, 1.807) is 24.3 Å². The maximum Gasteiger partial charge on any atom is 0.269 e. The zero-order valence-corrected chi connectivity index (χ0v) is 18.3. The van der Waals surface area contributed by atoms with Crippen LogP contribution in [0.1, 0.15) is 11.1 Å². The molecule has 0 radical (unpaired) electrons. The fourth-order valence-electron chi connectivity index (χ4n) is 3.46. The molecule has 1 aliphatic heterocycles. The van der Waals surface area contributed by atoms with E-state index in [9.17, 15) is 14.9 Å². The van der Waals surface area contributed by atoms with E-state index < -0.39 is 11.2 Å². The first-order valence-corrected chi connectivity index (χ1v) is 11.1. The number of benzene rings is 3. The molecule has 1 aliphatic rings. The van der Waals surface area contributed by atoms with Gasteiger partial charge in [0.05, 0.1) is 5.25 Å². The Labute approximate surface area is 191 Å². The molecule has 0 unspecified atom stereocenters. The molecule has 2 amide bonds. The van der Waals surface area contributed by atoms with Crippen molar-refractivity contribution in [2.24, 2.45) is 0 Å². The summed E-state index contributed by atoms with van der Waals surface area (Å²) in [5.41, 5.74) is 3.22. The molecule has 32 heavy (non-hydrogen) atoms. The Hall–Kier alpha value is -3.82. The van der Waals surface area contributed by atoms with Crippen LogP contribution >= 0.6 is 11.8 Å². The summed E-state index contributed by atoms with van der Waals surface area (Å²) in [4.78, 5) is 27.9. The van der Waals surface area contributed by atoms with Gasteiger partial charge in [0.15, 0.2) is 0 Å². The average Bonchev–Trinajstić information content (AvgIpc) is 3.12. The van der Waals surface area contributed by atoms with Crippen molar-refractivity contribution >= 4 is 35.0 Å². The first kappa shape index (κ1) is 21.4. The summed E-state index contributed by atoms with van der Waals surface area (Å²) >= 11 is 1.26. The molecule has 1 fully saturated rings. The molecule has 6 heteroatoms. The van der Waals surface area contributed by atoms with Gasteiger partial charge in [-0.2, -0.15) is 5.26 Å². The largest absolute Gasteiger partial charge is 0.321 e. The van der Waals surface area contributed by atoms with Crippen molar-refractivity contribution < 1.29 is 9.59 Å². The Balaban J connectivity index is 1.73. The molecule has 4 rings (SSSR count). The highest BCUT2D eigenvalue weighted by atomic mass is 32.2. The molecule has 0 aromatic heterocycles. The monoisotopic (exact) mass is 439 g/mol. The molecular weight excluding hydrogens is 418 g/mol. The van der Waals surface area contributed by atoms with Crippen LogP contribution in [0.3, 0.4) is 0 Å². The van der Waals surface area contributed by atoms with Crippen LogP contribution in [0.5, 0.6) is 0 Å². The van der Waals surface area contributed by atoms with Gasteiger partial charge in [-0.05, 0) is 43.2 Å². The lowest BCUT2D eigenvalue weighted by atomic mass is 10.1. The number of nitrogens with one attached hydrogen (secondary N) is 1. The number of nitriles is 1. The van der Waals surface area contributed by atoms with Crippen LogP contribution in [0.2, 0.25) is 0 Å². The highest BCUT2D eigenvalue weighted by Gasteiger charge is 2.40. The van der Waals surface area contributed by atoms with E-state index in [0.717, 1.165) is 11.1 Å². The highest BCUT2D eigenvalue weighted by molar-refractivity contribution is 8.05.